The lowest BCUT2D eigenvalue weighted by Gasteiger charge is -2.20. The smallest absolute Gasteiger partial charge is 0.224 e. The van der Waals surface area contributed by atoms with Gasteiger partial charge in [-0.15, -0.1) is 0 Å². The summed E-state index contributed by atoms with van der Waals surface area (Å²) < 4.78 is 5.19. The number of methoxy groups -OCH3 is 1. The van der Waals surface area contributed by atoms with E-state index in [1.807, 2.05) is 25.1 Å². The predicted molar refractivity (Wildman–Crippen MR) is 72.2 cm³/mol. The molecule has 3 N–H and O–H groups in total. The zero-order valence-corrected chi connectivity index (χ0v) is 11.6. The van der Waals surface area contributed by atoms with Gasteiger partial charge in [0.05, 0.1) is 20.1 Å². The fourth-order valence-electron chi connectivity index (χ4n) is 1.57. The molecule has 0 spiro atoms. The molecule has 1 unspecified atom stereocenters. The fourth-order valence-corrected chi connectivity index (χ4v) is 1.57. The summed E-state index contributed by atoms with van der Waals surface area (Å²) >= 11 is 0. The van der Waals surface area contributed by atoms with Crippen LogP contribution in [0, 0.1) is 6.92 Å². The second-order valence-corrected chi connectivity index (χ2v) is 4.91. The highest BCUT2D eigenvalue weighted by Crippen LogP contribution is 2.19. The van der Waals surface area contributed by atoms with Gasteiger partial charge < -0.3 is 20.3 Å². The van der Waals surface area contributed by atoms with Crippen molar-refractivity contribution in [2.75, 3.05) is 20.3 Å². The van der Waals surface area contributed by atoms with Gasteiger partial charge in [-0.2, -0.15) is 0 Å². The highest BCUT2D eigenvalue weighted by molar-refractivity contribution is 5.78. The van der Waals surface area contributed by atoms with Crippen molar-refractivity contribution in [1.29, 1.82) is 0 Å². The average molecular weight is 267 g/mol. The fraction of sp³-hybridized carbons (Fsp3) is 0.500. The number of carbonyl (C=O) groups excluding carboxylic acids is 1. The second-order valence-electron chi connectivity index (χ2n) is 4.91. The Morgan fingerprint density at radius 1 is 1.47 bits per heavy atom. The first-order chi connectivity index (χ1) is 8.88. The number of carbonyl (C=O) groups is 1. The molecular weight excluding hydrogens is 246 g/mol. The lowest BCUT2D eigenvalue weighted by Crippen LogP contribution is -2.43. The van der Waals surface area contributed by atoms with Crippen LogP contribution < -0.4 is 10.1 Å². The summed E-state index contributed by atoms with van der Waals surface area (Å²) in [5, 5.41) is 21.0. The van der Waals surface area contributed by atoms with Crippen molar-refractivity contribution >= 4 is 5.91 Å². The summed E-state index contributed by atoms with van der Waals surface area (Å²) in [7, 11) is 1.59. The van der Waals surface area contributed by atoms with E-state index in [9.17, 15) is 9.90 Å². The number of hydrogen-bond donors (Lipinski definition) is 3. The van der Waals surface area contributed by atoms with Gasteiger partial charge in [0.2, 0.25) is 5.91 Å². The average Bonchev–Trinajstić information content (AvgIpc) is 2.39. The van der Waals surface area contributed by atoms with Gasteiger partial charge in [-0.3, -0.25) is 4.79 Å². The number of nitrogens with one attached hydrogen (secondary N) is 1. The first kappa shape index (κ1) is 15.5. The zero-order chi connectivity index (χ0) is 14.5. The topological polar surface area (TPSA) is 78.8 Å². The molecule has 5 nitrogen and oxygen atoms in total. The molecule has 0 radical (unpaired) electrons. The highest BCUT2D eigenvalue weighted by atomic mass is 16.5. The van der Waals surface area contributed by atoms with Crippen molar-refractivity contribution in [2.45, 2.75) is 25.9 Å². The molecule has 0 saturated carbocycles. The quantitative estimate of drug-likeness (QED) is 0.697. The maximum Gasteiger partial charge on any atom is 0.224 e. The largest absolute Gasteiger partial charge is 0.496 e. The van der Waals surface area contributed by atoms with E-state index in [1.54, 1.807) is 7.11 Å². The summed E-state index contributed by atoms with van der Waals surface area (Å²) in [6, 6.07) is 5.58. The molecule has 0 fully saturated rings. The van der Waals surface area contributed by atoms with Gasteiger partial charge in [0.1, 0.15) is 11.4 Å². The highest BCUT2D eigenvalue weighted by Gasteiger charge is 2.19. The second kappa shape index (κ2) is 6.54. The molecule has 1 amide bonds. The number of aliphatic hydroxyl groups is 2. The van der Waals surface area contributed by atoms with Gasteiger partial charge in [0.15, 0.2) is 0 Å². The Morgan fingerprint density at radius 2 is 2.16 bits per heavy atom. The lowest BCUT2D eigenvalue weighted by molar-refractivity contribution is -0.121. The van der Waals surface area contributed by atoms with Crippen LogP contribution in [0.2, 0.25) is 0 Å². The van der Waals surface area contributed by atoms with E-state index in [0.717, 1.165) is 16.9 Å². The van der Waals surface area contributed by atoms with Gasteiger partial charge in [0.25, 0.3) is 0 Å². The molecule has 106 valence electrons. The number of ether oxygens (including phenoxy) is 1. The Labute approximate surface area is 113 Å². The number of hydrogen-bond acceptors (Lipinski definition) is 4. The molecule has 1 aromatic carbocycles. The van der Waals surface area contributed by atoms with Gasteiger partial charge in [-0.05, 0) is 31.0 Å². The Balaban J connectivity index is 2.58. The molecule has 5 heteroatoms. The monoisotopic (exact) mass is 267 g/mol. The first-order valence-corrected chi connectivity index (χ1v) is 6.11. The minimum atomic E-state index is -1.29. The summed E-state index contributed by atoms with van der Waals surface area (Å²) in [5.74, 6) is 0.535. The zero-order valence-electron chi connectivity index (χ0n) is 11.6. The predicted octanol–water partition coefficient (Wildman–Crippen LogP) is 0.406. The van der Waals surface area contributed by atoms with E-state index >= 15 is 0 Å². The Kier molecular flexibility index (Phi) is 5.32. The van der Waals surface area contributed by atoms with E-state index in [1.165, 1.54) is 6.92 Å². The molecular formula is C14H21NO4. The summed E-state index contributed by atoms with van der Waals surface area (Å²) in [5.41, 5.74) is 0.555. The van der Waals surface area contributed by atoms with Crippen LogP contribution in [0.4, 0.5) is 0 Å². The van der Waals surface area contributed by atoms with Crippen LogP contribution in [0.15, 0.2) is 18.2 Å². The van der Waals surface area contributed by atoms with Crippen molar-refractivity contribution in [3.05, 3.63) is 29.3 Å². The molecule has 19 heavy (non-hydrogen) atoms. The molecule has 0 aliphatic heterocycles. The van der Waals surface area contributed by atoms with Crippen molar-refractivity contribution in [3.63, 3.8) is 0 Å². The van der Waals surface area contributed by atoms with Crippen LogP contribution >= 0.6 is 0 Å². The standard InChI is InChI=1S/C14H21NO4/c1-10-4-5-11(6-12(10)19-3)7-13(17)15-8-14(2,18)9-16/h4-6,16,18H,7-9H2,1-3H3,(H,15,17). The third-order valence-corrected chi connectivity index (χ3v) is 2.84. The van der Waals surface area contributed by atoms with Gasteiger partial charge in [0, 0.05) is 6.54 Å². The van der Waals surface area contributed by atoms with E-state index in [2.05, 4.69) is 5.32 Å². The third-order valence-electron chi connectivity index (χ3n) is 2.84. The number of aryl methyl sites for hydroxylation is 1. The van der Waals surface area contributed by atoms with Crippen LogP contribution in [-0.4, -0.2) is 42.0 Å². The lowest BCUT2D eigenvalue weighted by atomic mass is 10.1. The van der Waals surface area contributed by atoms with Crippen molar-refractivity contribution in [3.8, 4) is 5.75 Å². The van der Waals surface area contributed by atoms with Crippen molar-refractivity contribution in [1.82, 2.24) is 5.32 Å². The van der Waals surface area contributed by atoms with Gasteiger partial charge in [-0.25, -0.2) is 0 Å². The maximum absolute atomic E-state index is 11.7. The van der Waals surface area contributed by atoms with E-state index in [0.29, 0.717) is 0 Å². The van der Waals surface area contributed by atoms with E-state index in [4.69, 9.17) is 9.84 Å². The Hall–Kier alpha value is -1.59. The molecule has 1 aromatic rings. The minimum absolute atomic E-state index is 0.0192. The number of benzene rings is 1. The number of rotatable bonds is 6. The van der Waals surface area contributed by atoms with Crippen molar-refractivity contribution in [2.24, 2.45) is 0 Å². The first-order valence-electron chi connectivity index (χ1n) is 6.11. The molecule has 0 aliphatic carbocycles. The van der Waals surface area contributed by atoms with E-state index in [-0.39, 0.29) is 18.9 Å². The van der Waals surface area contributed by atoms with Crippen LogP contribution in [0.1, 0.15) is 18.1 Å². The normalized spacial score (nSPS) is 13.7. The van der Waals surface area contributed by atoms with E-state index < -0.39 is 12.2 Å². The molecule has 0 aromatic heterocycles. The van der Waals surface area contributed by atoms with Crippen molar-refractivity contribution < 1.29 is 19.7 Å². The maximum atomic E-state index is 11.7. The molecule has 1 rings (SSSR count). The Bertz CT molecular complexity index is 443. The molecule has 0 bridgehead atoms. The van der Waals surface area contributed by atoms with Gasteiger partial charge >= 0.3 is 0 Å². The molecule has 0 aliphatic rings. The number of aliphatic hydroxyl groups excluding tert-OH is 1. The SMILES string of the molecule is COc1cc(CC(=O)NCC(C)(O)CO)ccc1C. The summed E-state index contributed by atoms with van der Waals surface area (Å²) in [4.78, 5) is 11.7. The molecule has 0 heterocycles. The third kappa shape index (κ3) is 4.89. The summed E-state index contributed by atoms with van der Waals surface area (Å²) in [6.07, 6.45) is 0.206. The minimum Gasteiger partial charge on any atom is -0.496 e. The van der Waals surface area contributed by atoms with Crippen LogP contribution in [-0.2, 0) is 11.2 Å². The summed E-state index contributed by atoms with van der Waals surface area (Å²) in [6.45, 7) is 3.01. The molecule has 0 saturated heterocycles. The van der Waals surface area contributed by atoms with Crippen LogP contribution in [0.3, 0.4) is 0 Å². The molecule has 1 atom stereocenters. The van der Waals surface area contributed by atoms with Crippen LogP contribution in [0.25, 0.3) is 0 Å². The number of amides is 1. The van der Waals surface area contributed by atoms with Gasteiger partial charge in [-0.1, -0.05) is 12.1 Å². The van der Waals surface area contributed by atoms with Crippen LogP contribution in [0.5, 0.6) is 5.75 Å². The Morgan fingerprint density at radius 3 is 2.74 bits per heavy atom.